The van der Waals surface area contributed by atoms with E-state index in [2.05, 4.69) is 26.1 Å². The van der Waals surface area contributed by atoms with Crippen LogP contribution in [0.25, 0.3) is 0 Å². The fraction of sp³-hybridized carbons (Fsp3) is 0.643. The number of piperidine rings is 1. The van der Waals surface area contributed by atoms with Gasteiger partial charge in [-0.3, -0.25) is 10.1 Å². The summed E-state index contributed by atoms with van der Waals surface area (Å²) in [5, 5.41) is 10.5. The van der Waals surface area contributed by atoms with Gasteiger partial charge >= 0.3 is 12.0 Å². The highest BCUT2D eigenvalue weighted by Gasteiger charge is 2.30. The van der Waals surface area contributed by atoms with Crippen LogP contribution in [-0.2, 0) is 9.59 Å². The average molecular weight is 282 g/mol. The van der Waals surface area contributed by atoms with Crippen molar-refractivity contribution in [2.24, 2.45) is 11.3 Å². The van der Waals surface area contributed by atoms with E-state index in [4.69, 9.17) is 5.11 Å². The third-order valence-corrected chi connectivity index (χ3v) is 3.61. The maximum Gasteiger partial charge on any atom is 0.328 e. The van der Waals surface area contributed by atoms with E-state index >= 15 is 0 Å². The first-order valence-electron chi connectivity index (χ1n) is 6.71. The number of nitrogens with one attached hydrogen (secondary N) is 1. The van der Waals surface area contributed by atoms with Gasteiger partial charge in [-0.05, 0) is 24.2 Å². The molecule has 0 atom stereocenters. The predicted molar refractivity (Wildman–Crippen MR) is 74.1 cm³/mol. The topological polar surface area (TPSA) is 86.7 Å². The van der Waals surface area contributed by atoms with E-state index in [1.807, 2.05) is 0 Å². The van der Waals surface area contributed by atoms with Crippen molar-refractivity contribution < 1.29 is 19.5 Å². The molecular formula is C14H22N2O4. The number of hydrogen-bond donors (Lipinski definition) is 2. The highest BCUT2D eigenvalue weighted by Crippen LogP contribution is 2.34. The summed E-state index contributed by atoms with van der Waals surface area (Å²) in [5.74, 6) is -1.37. The molecule has 2 N–H and O–H groups in total. The van der Waals surface area contributed by atoms with Crippen molar-refractivity contribution >= 4 is 17.9 Å². The van der Waals surface area contributed by atoms with Crippen molar-refractivity contribution in [1.29, 1.82) is 0 Å². The molecule has 1 saturated heterocycles. The van der Waals surface area contributed by atoms with Gasteiger partial charge in [0.1, 0.15) is 0 Å². The molecule has 0 aromatic heterocycles. The summed E-state index contributed by atoms with van der Waals surface area (Å²) >= 11 is 0. The lowest BCUT2D eigenvalue weighted by atomic mass is 9.75. The molecule has 1 heterocycles. The third-order valence-electron chi connectivity index (χ3n) is 3.61. The molecule has 6 heteroatoms. The molecule has 0 saturated carbocycles. The first kappa shape index (κ1) is 16.2. The van der Waals surface area contributed by atoms with Crippen molar-refractivity contribution in [3.8, 4) is 0 Å². The van der Waals surface area contributed by atoms with Gasteiger partial charge in [-0.25, -0.2) is 9.59 Å². The van der Waals surface area contributed by atoms with Crippen LogP contribution in [0.15, 0.2) is 12.2 Å². The Balaban J connectivity index is 2.43. The number of amides is 3. The fourth-order valence-corrected chi connectivity index (χ4v) is 2.32. The average Bonchev–Trinajstić information content (AvgIpc) is 2.35. The summed E-state index contributed by atoms with van der Waals surface area (Å²) in [7, 11) is 0. The van der Waals surface area contributed by atoms with E-state index in [0.717, 1.165) is 18.9 Å². The second-order valence-corrected chi connectivity index (χ2v) is 6.09. The number of imide groups is 1. The second-order valence-electron chi connectivity index (χ2n) is 6.09. The van der Waals surface area contributed by atoms with Crippen LogP contribution in [-0.4, -0.2) is 41.0 Å². The number of carbonyl (C=O) groups excluding carboxylic acids is 2. The van der Waals surface area contributed by atoms with Gasteiger partial charge in [0, 0.05) is 25.2 Å². The minimum absolute atomic E-state index is 0.225. The van der Waals surface area contributed by atoms with Gasteiger partial charge in [-0.15, -0.1) is 0 Å². The quantitative estimate of drug-likeness (QED) is 0.753. The zero-order valence-electron chi connectivity index (χ0n) is 12.2. The van der Waals surface area contributed by atoms with Crippen LogP contribution in [0.5, 0.6) is 0 Å². The molecule has 1 rings (SSSR count). The number of hydrogen-bond acceptors (Lipinski definition) is 3. The van der Waals surface area contributed by atoms with E-state index in [9.17, 15) is 14.4 Å². The van der Waals surface area contributed by atoms with Gasteiger partial charge in [0.05, 0.1) is 0 Å². The molecule has 0 bridgehead atoms. The Labute approximate surface area is 118 Å². The third kappa shape index (κ3) is 5.03. The van der Waals surface area contributed by atoms with Crippen LogP contribution >= 0.6 is 0 Å². The maximum absolute atomic E-state index is 11.8. The molecule has 6 nitrogen and oxygen atoms in total. The molecule has 0 aliphatic carbocycles. The van der Waals surface area contributed by atoms with Crippen LogP contribution < -0.4 is 5.32 Å². The van der Waals surface area contributed by atoms with Gasteiger partial charge in [0.2, 0.25) is 0 Å². The second kappa shape index (κ2) is 6.54. The summed E-state index contributed by atoms with van der Waals surface area (Å²) in [6, 6.07) is -0.461. The predicted octanol–water partition coefficient (Wildman–Crippen LogP) is 1.62. The largest absolute Gasteiger partial charge is 0.478 e. The molecule has 0 spiro atoms. The summed E-state index contributed by atoms with van der Waals surface area (Å²) in [4.78, 5) is 35.0. The molecule has 112 valence electrons. The molecule has 0 aromatic rings. The molecule has 1 aliphatic heterocycles. The highest BCUT2D eigenvalue weighted by molar-refractivity contribution is 6.02. The van der Waals surface area contributed by atoms with Crippen LogP contribution in [0.2, 0.25) is 0 Å². The van der Waals surface area contributed by atoms with Crippen LogP contribution in [0.4, 0.5) is 4.79 Å². The Morgan fingerprint density at radius 1 is 1.15 bits per heavy atom. The number of aliphatic carboxylic acids is 1. The molecule has 1 fully saturated rings. The van der Waals surface area contributed by atoms with E-state index in [-0.39, 0.29) is 5.41 Å². The number of carboxylic acid groups (broad SMARTS) is 1. The first-order valence-corrected chi connectivity index (χ1v) is 6.71. The number of carboxylic acids is 1. The minimum Gasteiger partial charge on any atom is -0.478 e. The summed E-state index contributed by atoms with van der Waals surface area (Å²) in [5.41, 5.74) is 0.225. The van der Waals surface area contributed by atoms with Crippen molar-refractivity contribution in [3.63, 3.8) is 0 Å². The molecular weight excluding hydrogens is 260 g/mol. The summed E-state index contributed by atoms with van der Waals surface area (Å²) in [6.45, 7) is 7.79. The summed E-state index contributed by atoms with van der Waals surface area (Å²) < 4.78 is 0. The van der Waals surface area contributed by atoms with Gasteiger partial charge in [0.25, 0.3) is 5.91 Å². The highest BCUT2D eigenvalue weighted by atomic mass is 16.4. The minimum atomic E-state index is -1.22. The van der Waals surface area contributed by atoms with Crippen molar-refractivity contribution in [2.45, 2.75) is 33.6 Å². The molecule has 0 unspecified atom stereocenters. The Morgan fingerprint density at radius 3 is 2.15 bits per heavy atom. The van der Waals surface area contributed by atoms with Gasteiger partial charge in [0.15, 0.2) is 0 Å². The molecule has 0 aromatic carbocycles. The van der Waals surface area contributed by atoms with Gasteiger partial charge in [-0.2, -0.15) is 0 Å². The summed E-state index contributed by atoms with van der Waals surface area (Å²) in [6.07, 6.45) is 3.36. The van der Waals surface area contributed by atoms with Crippen molar-refractivity contribution in [1.82, 2.24) is 10.2 Å². The van der Waals surface area contributed by atoms with Crippen LogP contribution in [0.3, 0.4) is 0 Å². The smallest absolute Gasteiger partial charge is 0.328 e. The normalized spacial score (nSPS) is 17.2. The molecule has 0 radical (unpaired) electrons. The molecule has 20 heavy (non-hydrogen) atoms. The van der Waals surface area contributed by atoms with Crippen LogP contribution in [0.1, 0.15) is 33.6 Å². The maximum atomic E-state index is 11.8. The number of rotatable bonds is 2. The van der Waals surface area contributed by atoms with E-state index < -0.39 is 17.9 Å². The number of carbonyl (C=O) groups is 3. The lowest BCUT2D eigenvalue weighted by Crippen LogP contribution is -2.47. The molecule has 3 amide bonds. The molecule has 1 aliphatic rings. The first-order chi connectivity index (χ1) is 9.20. The zero-order chi connectivity index (χ0) is 15.3. The van der Waals surface area contributed by atoms with Gasteiger partial charge in [-0.1, -0.05) is 20.8 Å². The van der Waals surface area contributed by atoms with Crippen molar-refractivity contribution in [2.75, 3.05) is 13.1 Å². The monoisotopic (exact) mass is 282 g/mol. The van der Waals surface area contributed by atoms with Crippen LogP contribution in [0, 0.1) is 11.3 Å². The van der Waals surface area contributed by atoms with E-state index in [0.29, 0.717) is 25.1 Å². The number of nitrogens with zero attached hydrogens (tertiary/aromatic N) is 1. The lowest BCUT2D eigenvalue weighted by Gasteiger charge is -2.38. The number of urea groups is 1. The standard InChI is InChI=1S/C14H22N2O4/c1-14(2,3)10-6-8-16(9-7-10)13(20)15-11(17)4-5-12(18)19/h4-5,10H,6-9H2,1-3H3,(H,18,19)(H,15,17,20). The number of likely N-dealkylation sites (tertiary alicyclic amines) is 1. The van der Waals surface area contributed by atoms with E-state index in [1.54, 1.807) is 4.90 Å². The SMILES string of the molecule is CC(C)(C)C1CCN(C(=O)NC(=O)C=CC(=O)O)CC1. The Hall–Kier alpha value is -1.85. The van der Waals surface area contributed by atoms with Crippen molar-refractivity contribution in [3.05, 3.63) is 12.2 Å². The lowest BCUT2D eigenvalue weighted by molar-refractivity contribution is -0.131. The zero-order valence-corrected chi connectivity index (χ0v) is 12.2. The Kier molecular flexibility index (Phi) is 5.30. The Morgan fingerprint density at radius 2 is 1.70 bits per heavy atom. The van der Waals surface area contributed by atoms with E-state index in [1.165, 1.54) is 0 Å². The fourth-order valence-electron chi connectivity index (χ4n) is 2.32. The van der Waals surface area contributed by atoms with Gasteiger partial charge < -0.3 is 10.0 Å². The Bertz CT molecular complexity index is 415.